The summed E-state index contributed by atoms with van der Waals surface area (Å²) in [6, 6.07) is 8.17. The number of thiazole rings is 1. The van der Waals surface area contributed by atoms with Crippen LogP contribution in [0.25, 0.3) is 10.2 Å². The van der Waals surface area contributed by atoms with Gasteiger partial charge in [-0.15, -0.1) is 0 Å². The summed E-state index contributed by atoms with van der Waals surface area (Å²) in [5, 5.41) is 8.15. The molecule has 3 aromatic rings. The Bertz CT molecular complexity index is 1030. The molecule has 8 nitrogen and oxygen atoms in total. The van der Waals surface area contributed by atoms with Crippen molar-refractivity contribution in [2.24, 2.45) is 0 Å². The van der Waals surface area contributed by atoms with Gasteiger partial charge in [0.1, 0.15) is 0 Å². The molecule has 0 radical (unpaired) electrons. The zero-order valence-electron chi connectivity index (χ0n) is 16.4. The van der Waals surface area contributed by atoms with Crippen LogP contribution in [-0.2, 0) is 4.79 Å². The number of anilines is 1. The van der Waals surface area contributed by atoms with Crippen molar-refractivity contribution in [1.82, 2.24) is 14.9 Å². The number of halogens is 3. The first-order chi connectivity index (χ1) is 14.7. The summed E-state index contributed by atoms with van der Waals surface area (Å²) in [4.78, 5) is 34.3. The molecule has 1 aromatic carbocycles. The molecule has 12 heteroatoms. The molecule has 1 N–H and O–H groups in total. The van der Waals surface area contributed by atoms with Gasteiger partial charge in [-0.25, -0.2) is 14.8 Å². The summed E-state index contributed by atoms with van der Waals surface area (Å²) >= 11 is 1.71. The van der Waals surface area contributed by atoms with E-state index in [1.807, 2.05) is 23.1 Å². The topological polar surface area (TPSA) is 99.8 Å². The second kappa shape index (κ2) is 9.33. The number of aliphatic carboxylic acids is 1. The first-order valence-corrected chi connectivity index (χ1v) is 10.1. The second-order valence-corrected chi connectivity index (χ2v) is 7.68. The second-order valence-electron chi connectivity index (χ2n) is 6.67. The molecular weight excluding hydrogens is 437 g/mol. The third-order valence-corrected chi connectivity index (χ3v) is 5.62. The molecule has 0 saturated carbocycles. The van der Waals surface area contributed by atoms with Crippen LogP contribution < -0.4 is 4.90 Å². The number of carbonyl (C=O) groups is 2. The van der Waals surface area contributed by atoms with Crippen LogP contribution in [0.2, 0.25) is 0 Å². The number of aryl methyl sites for hydroxylation is 1. The molecule has 4 rings (SSSR count). The van der Waals surface area contributed by atoms with E-state index in [2.05, 4.69) is 16.0 Å². The standard InChI is InChI=1S/C17H18N4O2S.C2HF3O2/c1-12-15(23-11-18-12)16(22)20-7-4-8-21(10-9-20)17-19-13-5-2-3-6-14(13)24-17;3-2(4,5)1(6)7/h2-3,5-6,11H,4,7-10H2,1H3;(H,6,7). The Morgan fingerprint density at radius 2 is 1.87 bits per heavy atom. The predicted octanol–water partition coefficient (Wildman–Crippen LogP) is 3.58. The molecule has 3 heterocycles. The van der Waals surface area contributed by atoms with E-state index in [4.69, 9.17) is 19.3 Å². The van der Waals surface area contributed by atoms with Gasteiger partial charge >= 0.3 is 12.1 Å². The van der Waals surface area contributed by atoms with Gasteiger partial charge in [-0.3, -0.25) is 4.79 Å². The number of carbonyl (C=O) groups excluding carboxylic acids is 1. The Balaban J connectivity index is 0.000000339. The number of rotatable bonds is 2. The molecule has 1 aliphatic rings. The van der Waals surface area contributed by atoms with Gasteiger partial charge in [0, 0.05) is 26.2 Å². The highest BCUT2D eigenvalue weighted by Crippen LogP contribution is 2.29. The van der Waals surface area contributed by atoms with Gasteiger partial charge in [0.25, 0.3) is 5.91 Å². The Kier molecular flexibility index (Phi) is 6.78. The maximum atomic E-state index is 12.6. The largest absolute Gasteiger partial charge is 0.490 e. The van der Waals surface area contributed by atoms with E-state index in [1.54, 1.807) is 18.3 Å². The average molecular weight is 456 g/mol. The molecule has 0 unspecified atom stereocenters. The molecule has 0 bridgehead atoms. The highest BCUT2D eigenvalue weighted by molar-refractivity contribution is 7.22. The van der Waals surface area contributed by atoms with Gasteiger partial charge < -0.3 is 19.3 Å². The van der Waals surface area contributed by atoms with Crippen LogP contribution in [0.5, 0.6) is 0 Å². The summed E-state index contributed by atoms with van der Waals surface area (Å²) in [5.41, 5.74) is 1.68. The van der Waals surface area contributed by atoms with Gasteiger partial charge in [0.05, 0.1) is 15.9 Å². The van der Waals surface area contributed by atoms with Crippen molar-refractivity contribution in [3.8, 4) is 0 Å². The van der Waals surface area contributed by atoms with E-state index in [0.717, 1.165) is 36.7 Å². The molecule has 2 aromatic heterocycles. The Morgan fingerprint density at radius 3 is 2.48 bits per heavy atom. The normalized spacial score (nSPS) is 14.7. The Labute approximate surface area is 178 Å². The van der Waals surface area contributed by atoms with Crippen LogP contribution in [0, 0.1) is 6.92 Å². The molecule has 1 fully saturated rings. The lowest BCUT2D eigenvalue weighted by Gasteiger charge is -2.21. The SMILES string of the molecule is Cc1ncoc1C(=O)N1CCCN(c2nc3ccccc3s2)CC1.O=C(O)C(F)(F)F. The summed E-state index contributed by atoms with van der Waals surface area (Å²) in [7, 11) is 0. The molecule has 31 heavy (non-hydrogen) atoms. The quantitative estimate of drug-likeness (QED) is 0.629. The third kappa shape index (κ3) is 5.51. The first-order valence-electron chi connectivity index (χ1n) is 9.27. The van der Waals surface area contributed by atoms with Crippen molar-refractivity contribution in [2.75, 3.05) is 31.1 Å². The van der Waals surface area contributed by atoms with Gasteiger partial charge in [0.2, 0.25) is 5.76 Å². The maximum Gasteiger partial charge on any atom is 0.490 e. The van der Waals surface area contributed by atoms with Crippen molar-refractivity contribution >= 4 is 38.6 Å². The maximum absolute atomic E-state index is 12.6. The molecule has 166 valence electrons. The molecule has 1 saturated heterocycles. The molecular formula is C19H19F3N4O4S. The van der Waals surface area contributed by atoms with E-state index in [9.17, 15) is 18.0 Å². The summed E-state index contributed by atoms with van der Waals surface area (Å²) in [6.45, 7) is 4.86. The zero-order valence-corrected chi connectivity index (χ0v) is 17.2. The van der Waals surface area contributed by atoms with Crippen molar-refractivity contribution in [3.63, 3.8) is 0 Å². The summed E-state index contributed by atoms with van der Waals surface area (Å²) in [6.07, 6.45) is -2.84. The minimum Gasteiger partial charge on any atom is -0.475 e. The number of hydrogen-bond acceptors (Lipinski definition) is 7. The number of nitrogens with zero attached hydrogens (tertiary/aromatic N) is 4. The van der Waals surface area contributed by atoms with Crippen molar-refractivity contribution < 1.29 is 32.3 Å². The number of fused-ring (bicyclic) bond motifs is 1. The number of benzene rings is 1. The lowest BCUT2D eigenvalue weighted by Crippen LogP contribution is -2.35. The van der Waals surface area contributed by atoms with Gasteiger partial charge in [0.15, 0.2) is 11.5 Å². The van der Waals surface area contributed by atoms with Crippen molar-refractivity contribution in [3.05, 3.63) is 42.1 Å². The Morgan fingerprint density at radius 1 is 1.16 bits per heavy atom. The van der Waals surface area contributed by atoms with E-state index < -0.39 is 12.1 Å². The summed E-state index contributed by atoms with van der Waals surface area (Å²) in [5.74, 6) is -2.48. The van der Waals surface area contributed by atoms with E-state index >= 15 is 0 Å². The predicted molar refractivity (Wildman–Crippen MR) is 107 cm³/mol. The van der Waals surface area contributed by atoms with Crippen molar-refractivity contribution in [1.29, 1.82) is 0 Å². The molecule has 1 amide bonds. The Hall–Kier alpha value is -3.15. The number of carboxylic acid groups (broad SMARTS) is 1. The molecule has 1 aliphatic heterocycles. The number of oxazole rings is 1. The van der Waals surface area contributed by atoms with Crippen molar-refractivity contribution in [2.45, 2.75) is 19.5 Å². The molecule has 0 atom stereocenters. The minimum absolute atomic E-state index is 0.0730. The van der Waals surface area contributed by atoms with Gasteiger partial charge in [-0.2, -0.15) is 13.2 Å². The van der Waals surface area contributed by atoms with Gasteiger partial charge in [-0.05, 0) is 25.5 Å². The van der Waals surface area contributed by atoms with E-state index in [-0.39, 0.29) is 5.91 Å². The van der Waals surface area contributed by atoms with Crippen LogP contribution in [0.1, 0.15) is 22.7 Å². The average Bonchev–Trinajstić information content (AvgIpc) is 3.26. The van der Waals surface area contributed by atoms with Crippen LogP contribution >= 0.6 is 11.3 Å². The minimum atomic E-state index is -5.08. The number of amides is 1. The summed E-state index contributed by atoms with van der Waals surface area (Å²) < 4.78 is 38.2. The zero-order chi connectivity index (χ0) is 22.6. The third-order valence-electron chi connectivity index (χ3n) is 4.52. The van der Waals surface area contributed by atoms with Gasteiger partial charge in [-0.1, -0.05) is 23.5 Å². The highest BCUT2D eigenvalue weighted by atomic mass is 32.1. The first kappa shape index (κ1) is 22.5. The van der Waals surface area contributed by atoms with Crippen LogP contribution in [-0.4, -0.2) is 64.2 Å². The highest BCUT2D eigenvalue weighted by Gasteiger charge is 2.38. The van der Waals surface area contributed by atoms with Crippen LogP contribution in [0.4, 0.5) is 18.3 Å². The van der Waals surface area contributed by atoms with E-state index in [0.29, 0.717) is 18.0 Å². The molecule has 0 spiro atoms. The number of aromatic nitrogens is 2. The fourth-order valence-electron chi connectivity index (χ4n) is 2.96. The van der Waals surface area contributed by atoms with E-state index in [1.165, 1.54) is 11.1 Å². The van der Waals surface area contributed by atoms with Crippen LogP contribution in [0.3, 0.4) is 0 Å². The van der Waals surface area contributed by atoms with Crippen LogP contribution in [0.15, 0.2) is 35.1 Å². The number of hydrogen-bond donors (Lipinski definition) is 1. The fraction of sp³-hybridized carbons (Fsp3) is 0.368. The number of alkyl halides is 3. The molecule has 0 aliphatic carbocycles. The smallest absolute Gasteiger partial charge is 0.475 e. The fourth-order valence-corrected chi connectivity index (χ4v) is 3.98. The lowest BCUT2D eigenvalue weighted by molar-refractivity contribution is -0.192. The monoisotopic (exact) mass is 456 g/mol. The number of para-hydroxylation sites is 1. The lowest BCUT2D eigenvalue weighted by atomic mass is 10.3. The number of carboxylic acids is 1.